The summed E-state index contributed by atoms with van der Waals surface area (Å²) in [5.74, 6) is 0. The number of hydrogen-bond acceptors (Lipinski definition) is 1. The summed E-state index contributed by atoms with van der Waals surface area (Å²) in [5.41, 5.74) is 0. The van der Waals surface area contributed by atoms with Crippen molar-refractivity contribution >= 4 is 0 Å². The van der Waals surface area contributed by atoms with E-state index in [0.29, 0.717) is 0 Å². The fourth-order valence-electron chi connectivity index (χ4n) is 0. The molecule has 24 valence electrons. The largest absolute Gasteiger partial charge is 0.155 e. The van der Waals surface area contributed by atoms with Gasteiger partial charge in [-0.15, -0.1) is 5.11 Å². The number of azo groups is 1. The lowest BCUT2D eigenvalue weighted by atomic mass is 11.5. The van der Waals surface area contributed by atoms with Crippen LogP contribution in [0.4, 0.5) is 0 Å². The third-order valence-corrected chi connectivity index (χ3v) is 0.224. The summed E-state index contributed by atoms with van der Waals surface area (Å²) in [4.78, 5) is 0. The first-order chi connectivity index (χ1) is 1.91. The molecule has 0 aromatic carbocycles. The van der Waals surface area contributed by atoms with Crippen LogP contribution in [0.25, 0.3) is 0 Å². The molecule has 1 N–H and O–H groups in total. The van der Waals surface area contributed by atoms with Crippen molar-refractivity contribution in [2.24, 2.45) is 5.11 Å². The second kappa shape index (κ2) is 2.60. The maximum atomic E-state index is 3.49. The third-order valence-electron chi connectivity index (χ3n) is 0.224. The van der Waals surface area contributed by atoms with Crippen LogP contribution in [0.15, 0.2) is 5.11 Å². The minimum absolute atomic E-state index is 1.69. The lowest BCUT2D eigenvalue weighted by Gasteiger charge is -1.44. The molecule has 0 saturated heterocycles. The molecule has 0 unspecified atom stereocenters. The van der Waals surface area contributed by atoms with Crippen LogP contribution in [0.3, 0.4) is 0 Å². The average Bonchev–Trinajstić information content (AvgIpc) is 1.37. The topological polar surface area (TPSA) is 26.3 Å². The van der Waals surface area contributed by atoms with Gasteiger partial charge in [-0.2, -0.15) is 0 Å². The maximum Gasteiger partial charge on any atom is 0.155 e. The molecule has 0 aliphatic heterocycles. The van der Waals surface area contributed by atoms with E-state index in [1.165, 1.54) is 0 Å². The molecule has 0 aliphatic carbocycles. The fourth-order valence-corrected chi connectivity index (χ4v) is 0. The van der Waals surface area contributed by atoms with Crippen LogP contribution in [0, 0.1) is 0 Å². The SMILES string of the molecule is CN=[NH+]C. The van der Waals surface area contributed by atoms with Gasteiger partial charge in [0.15, 0.2) is 7.05 Å². The van der Waals surface area contributed by atoms with Gasteiger partial charge < -0.3 is 0 Å². The molecule has 0 atom stereocenters. The van der Waals surface area contributed by atoms with Gasteiger partial charge in [-0.25, -0.2) is 0 Å². The monoisotopic (exact) mass is 59.1 g/mol. The van der Waals surface area contributed by atoms with Crippen molar-refractivity contribution in [1.82, 2.24) is 0 Å². The second-order valence-electron chi connectivity index (χ2n) is 0.447. The van der Waals surface area contributed by atoms with Crippen LogP contribution in [-0.2, 0) is 0 Å². The Hall–Kier alpha value is -0.400. The smallest absolute Gasteiger partial charge is 0.145 e. The predicted octanol–water partition coefficient (Wildman–Crippen LogP) is -1.22. The van der Waals surface area contributed by atoms with E-state index in [0.717, 1.165) is 0 Å². The first-order valence-electron chi connectivity index (χ1n) is 1.17. The Kier molecular flexibility index (Phi) is 2.34. The maximum absolute atomic E-state index is 3.49. The Morgan fingerprint density at radius 2 is 2.00 bits per heavy atom. The van der Waals surface area contributed by atoms with Gasteiger partial charge in [-0.3, -0.25) is 0 Å². The average molecular weight is 59.1 g/mol. The van der Waals surface area contributed by atoms with Crippen LogP contribution in [0.2, 0.25) is 0 Å². The number of hydrogen-bond donors (Lipinski definition) is 1. The summed E-state index contributed by atoms with van der Waals surface area (Å²) >= 11 is 0. The quantitative estimate of drug-likeness (QED) is 0.338. The first kappa shape index (κ1) is 3.60. The molecule has 0 aromatic heterocycles. The molecule has 0 fully saturated rings. The van der Waals surface area contributed by atoms with E-state index >= 15 is 0 Å². The summed E-state index contributed by atoms with van der Waals surface area (Å²) in [6, 6.07) is 0. The van der Waals surface area contributed by atoms with Crippen molar-refractivity contribution in [3.8, 4) is 0 Å². The minimum atomic E-state index is 1.69. The molecule has 4 heavy (non-hydrogen) atoms. The van der Waals surface area contributed by atoms with Crippen molar-refractivity contribution in [3.63, 3.8) is 0 Å². The zero-order valence-electron chi connectivity index (χ0n) is 2.95. The van der Waals surface area contributed by atoms with E-state index in [1.54, 1.807) is 14.1 Å². The molecular formula is C2H7N2+. The van der Waals surface area contributed by atoms with E-state index in [2.05, 4.69) is 10.2 Å². The number of rotatable bonds is 0. The molecule has 0 aromatic rings. The van der Waals surface area contributed by atoms with Crippen molar-refractivity contribution in [1.29, 1.82) is 0 Å². The zero-order valence-corrected chi connectivity index (χ0v) is 2.95. The fraction of sp³-hybridized carbons (Fsp3) is 1.00. The number of nitrogens with one attached hydrogen (secondary N) is 1. The Balaban J connectivity index is 2.55. The highest BCUT2D eigenvalue weighted by atomic mass is 15.0. The van der Waals surface area contributed by atoms with E-state index in [-0.39, 0.29) is 0 Å². The molecule has 0 radical (unpaired) electrons. The first-order valence-corrected chi connectivity index (χ1v) is 1.17. The van der Waals surface area contributed by atoms with Gasteiger partial charge >= 0.3 is 0 Å². The third kappa shape index (κ3) is 1.60. The molecule has 0 heterocycles. The molecule has 0 saturated carbocycles. The van der Waals surface area contributed by atoms with Crippen molar-refractivity contribution in [3.05, 3.63) is 0 Å². The van der Waals surface area contributed by atoms with Crippen molar-refractivity contribution < 1.29 is 5.11 Å². The van der Waals surface area contributed by atoms with Gasteiger partial charge in [-0.1, -0.05) is 5.11 Å². The summed E-state index contributed by atoms with van der Waals surface area (Å²) < 4.78 is 0. The highest BCUT2D eigenvalue weighted by Gasteiger charge is 1.40. The Labute approximate surface area is 25.6 Å². The summed E-state index contributed by atoms with van der Waals surface area (Å²) in [6.07, 6.45) is 0. The summed E-state index contributed by atoms with van der Waals surface area (Å²) in [5, 5.41) is 6.04. The van der Waals surface area contributed by atoms with Crippen LogP contribution < -0.4 is 5.11 Å². The van der Waals surface area contributed by atoms with Gasteiger partial charge in [-0.05, 0) is 0 Å². The predicted molar refractivity (Wildman–Crippen MR) is 15.2 cm³/mol. The van der Waals surface area contributed by atoms with E-state index in [9.17, 15) is 0 Å². The molecule has 0 bridgehead atoms. The van der Waals surface area contributed by atoms with Crippen LogP contribution in [0.5, 0.6) is 0 Å². The highest BCUT2D eigenvalue weighted by molar-refractivity contribution is 3.69. The standard InChI is InChI=1S/C2H6N2/c1-3-4-2/h1-2H3/p+1. The molecular weight excluding hydrogens is 52.0 g/mol. The summed E-state index contributed by atoms with van der Waals surface area (Å²) in [6.45, 7) is 0. The lowest BCUT2D eigenvalue weighted by molar-refractivity contribution is -0.498. The molecule has 0 amide bonds. The van der Waals surface area contributed by atoms with Crippen molar-refractivity contribution in [2.45, 2.75) is 0 Å². The Morgan fingerprint density at radius 3 is 2.00 bits per heavy atom. The molecule has 0 rings (SSSR count). The van der Waals surface area contributed by atoms with Gasteiger partial charge in [0.05, 0.1) is 7.05 Å². The van der Waals surface area contributed by atoms with Gasteiger partial charge in [0.1, 0.15) is 0 Å². The normalized spacial score (nSPS) is 9.50. The number of nitrogens with zero attached hydrogens (tertiary/aromatic N) is 1. The Bertz CT molecular complexity index is 19.2. The lowest BCUT2D eigenvalue weighted by Crippen LogP contribution is -2.58. The molecule has 0 aliphatic rings. The Morgan fingerprint density at radius 1 is 1.75 bits per heavy atom. The molecule has 2 heteroatoms. The van der Waals surface area contributed by atoms with Crippen LogP contribution in [0.1, 0.15) is 0 Å². The zero-order chi connectivity index (χ0) is 3.41. The van der Waals surface area contributed by atoms with Gasteiger partial charge in [0, 0.05) is 0 Å². The van der Waals surface area contributed by atoms with E-state index in [1.807, 2.05) is 0 Å². The molecule has 0 spiro atoms. The highest BCUT2D eigenvalue weighted by Crippen LogP contribution is 1.14. The van der Waals surface area contributed by atoms with Gasteiger partial charge in [0.2, 0.25) is 0 Å². The van der Waals surface area contributed by atoms with E-state index in [4.69, 9.17) is 0 Å². The second-order valence-corrected chi connectivity index (χ2v) is 0.447. The van der Waals surface area contributed by atoms with Crippen LogP contribution >= 0.6 is 0 Å². The van der Waals surface area contributed by atoms with Gasteiger partial charge in [0.25, 0.3) is 0 Å². The minimum Gasteiger partial charge on any atom is -0.145 e. The summed E-state index contributed by atoms with van der Waals surface area (Å²) in [7, 11) is 3.46. The van der Waals surface area contributed by atoms with E-state index < -0.39 is 0 Å². The molecule has 2 nitrogen and oxygen atoms in total. The van der Waals surface area contributed by atoms with Crippen LogP contribution in [-0.4, -0.2) is 14.1 Å². The van der Waals surface area contributed by atoms with Crippen molar-refractivity contribution in [2.75, 3.05) is 14.1 Å².